The molecule has 142 valence electrons. The highest BCUT2D eigenvalue weighted by Crippen LogP contribution is 2.33. The number of ether oxygens (including phenoxy) is 1. The van der Waals surface area contributed by atoms with E-state index in [4.69, 9.17) is 27.9 Å². The number of hydrogen-bond acceptors (Lipinski definition) is 5. The van der Waals surface area contributed by atoms with E-state index in [1.807, 2.05) is 0 Å². The standard InChI is InChI=1S/C15H18Cl2N4O4S/c1-20-15(22)21-6-5-9(3-4-14(21)18-20)19-26(23,24)13-8-10(16)12(25-2)7-11(13)17/h7-9,19H,3-6H2,1-2H3. The van der Waals surface area contributed by atoms with Crippen molar-refractivity contribution in [2.75, 3.05) is 7.11 Å². The molecule has 11 heteroatoms. The highest BCUT2D eigenvalue weighted by molar-refractivity contribution is 7.89. The molecule has 0 radical (unpaired) electrons. The number of aryl methyl sites for hydroxylation is 2. The van der Waals surface area contributed by atoms with Crippen LogP contribution in [0.3, 0.4) is 0 Å². The van der Waals surface area contributed by atoms with Crippen LogP contribution in [0, 0.1) is 0 Å². The van der Waals surface area contributed by atoms with Crippen LogP contribution < -0.4 is 15.1 Å². The van der Waals surface area contributed by atoms with Crippen molar-refractivity contribution in [1.29, 1.82) is 0 Å². The van der Waals surface area contributed by atoms with E-state index in [1.54, 1.807) is 11.6 Å². The van der Waals surface area contributed by atoms with Crippen LogP contribution in [-0.4, -0.2) is 35.9 Å². The molecule has 0 aliphatic carbocycles. The van der Waals surface area contributed by atoms with E-state index >= 15 is 0 Å². The summed E-state index contributed by atoms with van der Waals surface area (Å²) in [6, 6.07) is 2.29. The summed E-state index contributed by atoms with van der Waals surface area (Å²) in [4.78, 5) is 11.9. The van der Waals surface area contributed by atoms with Gasteiger partial charge in [0.2, 0.25) is 10.0 Å². The first kappa shape index (κ1) is 19.2. The Morgan fingerprint density at radius 2 is 2.00 bits per heavy atom. The van der Waals surface area contributed by atoms with E-state index in [0.29, 0.717) is 37.4 Å². The number of rotatable bonds is 4. The third-order valence-electron chi connectivity index (χ3n) is 4.32. The van der Waals surface area contributed by atoms with Gasteiger partial charge in [-0.25, -0.2) is 22.6 Å². The summed E-state index contributed by atoms with van der Waals surface area (Å²) in [6.45, 7) is 0.395. The number of benzene rings is 1. The minimum Gasteiger partial charge on any atom is -0.495 e. The van der Waals surface area contributed by atoms with Crippen molar-refractivity contribution in [3.63, 3.8) is 0 Å². The Morgan fingerprint density at radius 3 is 2.69 bits per heavy atom. The van der Waals surface area contributed by atoms with E-state index in [-0.39, 0.29) is 26.7 Å². The first-order valence-electron chi connectivity index (χ1n) is 7.91. The van der Waals surface area contributed by atoms with E-state index in [9.17, 15) is 13.2 Å². The minimum atomic E-state index is -3.88. The molecular formula is C15H18Cl2N4O4S. The van der Waals surface area contributed by atoms with Crippen molar-refractivity contribution in [3.8, 4) is 5.75 Å². The highest BCUT2D eigenvalue weighted by atomic mass is 35.5. The normalized spacial score (nSPS) is 17.6. The Kier molecular flexibility index (Phi) is 5.34. The van der Waals surface area contributed by atoms with Crippen LogP contribution in [0.15, 0.2) is 21.8 Å². The van der Waals surface area contributed by atoms with Crippen LogP contribution in [0.4, 0.5) is 0 Å². The Morgan fingerprint density at radius 1 is 1.27 bits per heavy atom. The molecule has 2 aromatic rings. The number of halogens is 2. The van der Waals surface area contributed by atoms with E-state index in [0.717, 1.165) is 0 Å². The van der Waals surface area contributed by atoms with E-state index < -0.39 is 10.0 Å². The van der Waals surface area contributed by atoms with Gasteiger partial charge in [0.15, 0.2) is 0 Å². The van der Waals surface area contributed by atoms with Gasteiger partial charge in [-0.05, 0) is 18.9 Å². The van der Waals surface area contributed by atoms with Gasteiger partial charge in [-0.1, -0.05) is 23.2 Å². The number of nitrogens with zero attached hydrogens (tertiary/aromatic N) is 3. The summed E-state index contributed by atoms with van der Waals surface area (Å²) >= 11 is 12.1. The Labute approximate surface area is 160 Å². The van der Waals surface area contributed by atoms with Crippen LogP contribution in [-0.2, 0) is 30.0 Å². The SMILES string of the molecule is COc1cc(Cl)c(S(=O)(=O)NC2CCc3nn(C)c(=O)n3CC2)cc1Cl. The molecule has 0 spiro atoms. The lowest BCUT2D eigenvalue weighted by Crippen LogP contribution is -2.36. The van der Waals surface area contributed by atoms with Crippen molar-refractivity contribution >= 4 is 33.2 Å². The quantitative estimate of drug-likeness (QED) is 0.809. The highest BCUT2D eigenvalue weighted by Gasteiger charge is 2.27. The van der Waals surface area contributed by atoms with Crippen molar-refractivity contribution in [1.82, 2.24) is 19.1 Å². The summed E-state index contributed by atoms with van der Waals surface area (Å²) in [5.74, 6) is 0.955. The van der Waals surface area contributed by atoms with Gasteiger partial charge in [0.05, 0.1) is 17.2 Å². The molecule has 26 heavy (non-hydrogen) atoms. The molecule has 1 aromatic carbocycles. The average Bonchev–Trinajstić information content (AvgIpc) is 2.73. The average molecular weight is 421 g/mol. The molecular weight excluding hydrogens is 403 g/mol. The third-order valence-corrected chi connectivity index (χ3v) is 6.60. The van der Waals surface area contributed by atoms with Crippen LogP contribution in [0.2, 0.25) is 10.0 Å². The summed E-state index contributed by atoms with van der Waals surface area (Å²) in [5, 5.41) is 4.36. The molecule has 1 N–H and O–H groups in total. The van der Waals surface area contributed by atoms with E-state index in [2.05, 4.69) is 9.82 Å². The Hall–Kier alpha value is -1.55. The smallest absolute Gasteiger partial charge is 0.345 e. The third kappa shape index (κ3) is 3.62. The zero-order valence-corrected chi connectivity index (χ0v) is 16.5. The van der Waals surface area contributed by atoms with Crippen LogP contribution in [0.1, 0.15) is 18.7 Å². The number of nitrogens with one attached hydrogen (secondary N) is 1. The second kappa shape index (κ2) is 7.22. The second-order valence-corrected chi connectivity index (χ2v) is 8.53. The Bertz CT molecular complexity index is 1000. The van der Waals surface area contributed by atoms with Gasteiger partial charge in [-0.2, -0.15) is 5.10 Å². The lowest BCUT2D eigenvalue weighted by atomic mass is 10.1. The van der Waals surface area contributed by atoms with Gasteiger partial charge in [0, 0.05) is 32.1 Å². The predicted molar refractivity (Wildman–Crippen MR) is 97.5 cm³/mol. The first-order valence-corrected chi connectivity index (χ1v) is 10.1. The summed E-state index contributed by atoms with van der Waals surface area (Å²) in [6.07, 6.45) is 1.50. The van der Waals surface area contributed by atoms with Crippen LogP contribution in [0.25, 0.3) is 0 Å². The summed E-state index contributed by atoms with van der Waals surface area (Å²) < 4.78 is 36.0. The largest absolute Gasteiger partial charge is 0.495 e. The van der Waals surface area contributed by atoms with Gasteiger partial charge in [0.25, 0.3) is 0 Å². The summed E-state index contributed by atoms with van der Waals surface area (Å²) in [7, 11) is -0.861. The van der Waals surface area contributed by atoms with Gasteiger partial charge in [-0.3, -0.25) is 4.57 Å². The van der Waals surface area contributed by atoms with Crippen molar-refractivity contribution < 1.29 is 13.2 Å². The van der Waals surface area contributed by atoms with Gasteiger partial charge in [-0.15, -0.1) is 0 Å². The zero-order chi connectivity index (χ0) is 19.1. The fourth-order valence-corrected chi connectivity index (χ4v) is 5.12. The molecule has 0 saturated carbocycles. The molecule has 1 aliphatic rings. The minimum absolute atomic E-state index is 0.0224. The molecule has 0 bridgehead atoms. The topological polar surface area (TPSA) is 95.2 Å². The zero-order valence-electron chi connectivity index (χ0n) is 14.2. The maximum Gasteiger partial charge on any atom is 0.345 e. The van der Waals surface area contributed by atoms with Gasteiger partial charge >= 0.3 is 5.69 Å². The molecule has 3 rings (SSSR count). The molecule has 0 fully saturated rings. The van der Waals surface area contributed by atoms with Gasteiger partial charge < -0.3 is 4.74 Å². The number of aromatic nitrogens is 3. The molecule has 8 nitrogen and oxygen atoms in total. The van der Waals surface area contributed by atoms with E-state index in [1.165, 1.54) is 23.9 Å². The Balaban J connectivity index is 1.81. The molecule has 1 atom stereocenters. The lowest BCUT2D eigenvalue weighted by molar-refractivity contribution is 0.414. The monoisotopic (exact) mass is 420 g/mol. The van der Waals surface area contributed by atoms with Crippen molar-refractivity contribution in [3.05, 3.63) is 38.5 Å². The van der Waals surface area contributed by atoms with Crippen molar-refractivity contribution in [2.45, 2.75) is 36.7 Å². The molecule has 1 aliphatic heterocycles. The molecule has 2 heterocycles. The fraction of sp³-hybridized carbons (Fsp3) is 0.467. The second-order valence-electron chi connectivity index (χ2n) is 6.04. The maximum atomic E-state index is 12.7. The van der Waals surface area contributed by atoms with Crippen LogP contribution in [0.5, 0.6) is 5.75 Å². The van der Waals surface area contributed by atoms with Gasteiger partial charge in [0.1, 0.15) is 16.5 Å². The molecule has 0 saturated heterocycles. The number of sulfonamides is 1. The fourth-order valence-electron chi connectivity index (χ4n) is 2.97. The summed E-state index contributed by atoms with van der Waals surface area (Å²) in [5.41, 5.74) is -0.200. The lowest BCUT2D eigenvalue weighted by Gasteiger charge is -2.17. The number of methoxy groups -OCH3 is 1. The molecule has 1 unspecified atom stereocenters. The predicted octanol–water partition coefficient (Wildman–Crippen LogP) is 1.58. The maximum absolute atomic E-state index is 12.7. The van der Waals surface area contributed by atoms with Crippen LogP contribution >= 0.6 is 23.2 Å². The first-order chi connectivity index (χ1) is 12.2. The van der Waals surface area contributed by atoms with Crippen molar-refractivity contribution in [2.24, 2.45) is 7.05 Å². The molecule has 0 amide bonds. The molecule has 1 aromatic heterocycles. The number of fused-ring (bicyclic) bond motifs is 1. The number of hydrogen-bond donors (Lipinski definition) is 1.